The van der Waals surface area contributed by atoms with Gasteiger partial charge in [0.05, 0.1) is 12.1 Å². The quantitative estimate of drug-likeness (QED) is 0.910. The van der Waals surface area contributed by atoms with Gasteiger partial charge in [-0.3, -0.25) is 0 Å². The molecule has 15 heavy (non-hydrogen) atoms. The molecule has 1 aromatic rings. The van der Waals surface area contributed by atoms with E-state index in [9.17, 15) is 0 Å². The fraction of sp³-hybridized carbons (Fsp3) is 0.417. The summed E-state index contributed by atoms with van der Waals surface area (Å²) in [5, 5.41) is 11.8. The van der Waals surface area contributed by atoms with Gasteiger partial charge in [0.25, 0.3) is 0 Å². The molecule has 0 aliphatic carbocycles. The van der Waals surface area contributed by atoms with Crippen LogP contribution in [0.5, 0.6) is 0 Å². The van der Waals surface area contributed by atoms with Crippen LogP contribution in [0.2, 0.25) is 0 Å². The lowest BCUT2D eigenvalue weighted by Gasteiger charge is -2.08. The molecular weight excluding hydrogens is 252 g/mol. The SMILES string of the molecule is Cc1ccc(Br)cc1CCNC(C)C#N. The van der Waals surface area contributed by atoms with Gasteiger partial charge in [-0.1, -0.05) is 22.0 Å². The van der Waals surface area contributed by atoms with Crippen molar-refractivity contribution in [2.24, 2.45) is 0 Å². The van der Waals surface area contributed by atoms with E-state index >= 15 is 0 Å². The highest BCUT2D eigenvalue weighted by atomic mass is 79.9. The lowest BCUT2D eigenvalue weighted by Crippen LogP contribution is -2.26. The van der Waals surface area contributed by atoms with Crippen LogP contribution in [-0.2, 0) is 6.42 Å². The summed E-state index contributed by atoms with van der Waals surface area (Å²) in [6.45, 7) is 4.81. The number of nitriles is 1. The van der Waals surface area contributed by atoms with Gasteiger partial charge in [0.15, 0.2) is 0 Å². The van der Waals surface area contributed by atoms with Gasteiger partial charge in [-0.2, -0.15) is 5.26 Å². The summed E-state index contributed by atoms with van der Waals surface area (Å²) in [5.74, 6) is 0. The van der Waals surface area contributed by atoms with E-state index in [2.05, 4.69) is 46.4 Å². The summed E-state index contributed by atoms with van der Waals surface area (Å²) in [5.41, 5.74) is 2.62. The largest absolute Gasteiger partial charge is 0.302 e. The Morgan fingerprint density at radius 3 is 2.93 bits per heavy atom. The topological polar surface area (TPSA) is 35.8 Å². The van der Waals surface area contributed by atoms with Crippen LogP contribution in [0, 0.1) is 18.3 Å². The molecular formula is C12H15BrN2. The normalized spacial score (nSPS) is 12.1. The van der Waals surface area contributed by atoms with E-state index in [1.807, 2.05) is 13.0 Å². The molecule has 0 aliphatic rings. The number of rotatable bonds is 4. The van der Waals surface area contributed by atoms with Crippen LogP contribution in [0.4, 0.5) is 0 Å². The molecule has 0 fully saturated rings. The van der Waals surface area contributed by atoms with Crippen molar-refractivity contribution in [3.63, 3.8) is 0 Å². The Hall–Kier alpha value is -0.850. The third kappa shape index (κ3) is 4.03. The second-order valence-electron chi connectivity index (χ2n) is 3.63. The lowest BCUT2D eigenvalue weighted by atomic mass is 10.1. The highest BCUT2D eigenvalue weighted by Gasteiger charge is 2.01. The van der Waals surface area contributed by atoms with Crippen LogP contribution in [-0.4, -0.2) is 12.6 Å². The molecule has 0 saturated heterocycles. The van der Waals surface area contributed by atoms with Crippen molar-refractivity contribution in [3.8, 4) is 6.07 Å². The smallest absolute Gasteiger partial charge is 0.0924 e. The van der Waals surface area contributed by atoms with Crippen molar-refractivity contribution < 1.29 is 0 Å². The highest BCUT2D eigenvalue weighted by Crippen LogP contribution is 2.16. The van der Waals surface area contributed by atoms with Gasteiger partial charge in [-0.15, -0.1) is 0 Å². The summed E-state index contributed by atoms with van der Waals surface area (Å²) >= 11 is 3.46. The first-order valence-electron chi connectivity index (χ1n) is 5.01. The number of hydrogen-bond donors (Lipinski definition) is 1. The first kappa shape index (κ1) is 12.2. The van der Waals surface area contributed by atoms with E-state index in [1.165, 1.54) is 11.1 Å². The summed E-state index contributed by atoms with van der Waals surface area (Å²) in [6.07, 6.45) is 0.956. The third-order valence-electron chi connectivity index (χ3n) is 2.35. The zero-order chi connectivity index (χ0) is 11.3. The van der Waals surface area contributed by atoms with Crippen LogP contribution in [0.25, 0.3) is 0 Å². The van der Waals surface area contributed by atoms with Gasteiger partial charge in [0, 0.05) is 11.0 Å². The molecule has 0 saturated carbocycles. The standard InChI is InChI=1S/C12H15BrN2/c1-9-3-4-12(13)7-11(9)5-6-15-10(2)8-14/h3-4,7,10,15H,5-6H2,1-2H3. The Bertz CT molecular complexity index is 368. The van der Waals surface area contributed by atoms with E-state index in [0.29, 0.717) is 0 Å². The van der Waals surface area contributed by atoms with Gasteiger partial charge >= 0.3 is 0 Å². The second kappa shape index (κ2) is 5.89. The van der Waals surface area contributed by atoms with Crippen LogP contribution in [0.3, 0.4) is 0 Å². The van der Waals surface area contributed by atoms with Crippen molar-refractivity contribution in [1.82, 2.24) is 5.32 Å². The van der Waals surface area contributed by atoms with E-state index in [0.717, 1.165) is 17.4 Å². The number of nitrogens with one attached hydrogen (secondary N) is 1. The van der Waals surface area contributed by atoms with Crippen LogP contribution < -0.4 is 5.32 Å². The Labute approximate surface area is 99.4 Å². The van der Waals surface area contributed by atoms with E-state index in [1.54, 1.807) is 0 Å². The molecule has 3 heteroatoms. The molecule has 1 N–H and O–H groups in total. The highest BCUT2D eigenvalue weighted by molar-refractivity contribution is 9.10. The molecule has 80 valence electrons. The minimum Gasteiger partial charge on any atom is -0.302 e. The van der Waals surface area contributed by atoms with Gasteiger partial charge in [-0.05, 0) is 43.5 Å². The fourth-order valence-electron chi connectivity index (χ4n) is 1.38. The molecule has 1 unspecified atom stereocenters. The summed E-state index contributed by atoms with van der Waals surface area (Å²) in [6, 6.07) is 8.37. The molecule has 0 heterocycles. The van der Waals surface area contributed by atoms with E-state index < -0.39 is 0 Å². The molecule has 0 aliphatic heterocycles. The monoisotopic (exact) mass is 266 g/mol. The molecule has 0 radical (unpaired) electrons. The summed E-state index contributed by atoms with van der Waals surface area (Å²) < 4.78 is 1.11. The molecule has 0 spiro atoms. The van der Waals surface area contributed by atoms with E-state index in [4.69, 9.17) is 5.26 Å². The third-order valence-corrected chi connectivity index (χ3v) is 2.84. The average Bonchev–Trinajstić information content (AvgIpc) is 2.23. The van der Waals surface area contributed by atoms with Gasteiger partial charge in [0.2, 0.25) is 0 Å². The molecule has 2 nitrogen and oxygen atoms in total. The lowest BCUT2D eigenvalue weighted by molar-refractivity contribution is 0.639. The molecule has 0 bridgehead atoms. The number of aryl methyl sites for hydroxylation is 1. The van der Waals surface area contributed by atoms with Crippen LogP contribution in [0.15, 0.2) is 22.7 Å². The first-order chi connectivity index (χ1) is 7.13. The summed E-state index contributed by atoms with van der Waals surface area (Å²) in [4.78, 5) is 0. The predicted molar refractivity (Wildman–Crippen MR) is 65.7 cm³/mol. The van der Waals surface area contributed by atoms with Crippen LogP contribution in [0.1, 0.15) is 18.1 Å². The zero-order valence-corrected chi connectivity index (χ0v) is 10.6. The average molecular weight is 267 g/mol. The number of hydrogen-bond acceptors (Lipinski definition) is 2. The van der Waals surface area contributed by atoms with Crippen molar-refractivity contribution in [2.45, 2.75) is 26.3 Å². The second-order valence-corrected chi connectivity index (χ2v) is 4.54. The Kier molecular flexibility index (Phi) is 4.80. The number of halogens is 1. The van der Waals surface area contributed by atoms with Gasteiger partial charge in [0.1, 0.15) is 0 Å². The number of benzene rings is 1. The first-order valence-corrected chi connectivity index (χ1v) is 5.81. The maximum Gasteiger partial charge on any atom is 0.0924 e. The Morgan fingerprint density at radius 1 is 1.53 bits per heavy atom. The number of nitrogens with zero attached hydrogens (tertiary/aromatic N) is 1. The zero-order valence-electron chi connectivity index (χ0n) is 9.05. The molecule has 1 aromatic carbocycles. The molecule has 0 amide bonds. The Morgan fingerprint density at radius 2 is 2.27 bits per heavy atom. The van der Waals surface area contributed by atoms with E-state index in [-0.39, 0.29) is 6.04 Å². The maximum absolute atomic E-state index is 8.61. The summed E-state index contributed by atoms with van der Waals surface area (Å²) in [7, 11) is 0. The van der Waals surface area contributed by atoms with Gasteiger partial charge in [-0.25, -0.2) is 0 Å². The predicted octanol–water partition coefficient (Wildman–Crippen LogP) is 2.80. The molecule has 1 rings (SSSR count). The van der Waals surface area contributed by atoms with Crippen LogP contribution >= 0.6 is 15.9 Å². The van der Waals surface area contributed by atoms with Crippen molar-refractivity contribution in [1.29, 1.82) is 5.26 Å². The van der Waals surface area contributed by atoms with Crippen molar-refractivity contribution >= 4 is 15.9 Å². The molecule has 0 aromatic heterocycles. The minimum atomic E-state index is -0.0718. The van der Waals surface area contributed by atoms with Crippen molar-refractivity contribution in [3.05, 3.63) is 33.8 Å². The van der Waals surface area contributed by atoms with Gasteiger partial charge < -0.3 is 5.32 Å². The minimum absolute atomic E-state index is 0.0718. The van der Waals surface area contributed by atoms with Crippen molar-refractivity contribution in [2.75, 3.05) is 6.54 Å². The maximum atomic E-state index is 8.61. The fourth-order valence-corrected chi connectivity index (χ4v) is 1.79. The molecule has 1 atom stereocenters. The Balaban J connectivity index is 2.51.